The average Bonchev–Trinajstić information content (AvgIpc) is 3.38. The number of aromatic nitrogens is 2. The van der Waals surface area contributed by atoms with Crippen LogP contribution in [0.1, 0.15) is 11.1 Å². The molecule has 0 radical (unpaired) electrons. The first-order valence-electron chi connectivity index (χ1n) is 12.7. The first-order valence-corrected chi connectivity index (χ1v) is 14.9. The summed E-state index contributed by atoms with van der Waals surface area (Å²) in [5, 5.41) is 2.97. The lowest BCUT2D eigenvalue weighted by Gasteiger charge is -2.39. The number of hydrogen-bond acceptors (Lipinski definition) is 8. The van der Waals surface area contributed by atoms with Crippen molar-refractivity contribution in [2.75, 3.05) is 24.5 Å². The first-order chi connectivity index (χ1) is 20.6. The van der Waals surface area contributed by atoms with E-state index in [1.54, 1.807) is 4.90 Å². The number of carbonyl (C=O) groups excluding carboxylic acids is 1. The van der Waals surface area contributed by atoms with Gasteiger partial charge in [-0.2, -0.15) is 17.5 Å². The molecule has 44 heavy (non-hydrogen) atoms. The molecule has 0 spiro atoms. The van der Waals surface area contributed by atoms with Crippen LogP contribution < -0.4 is 20.5 Å². The van der Waals surface area contributed by atoms with E-state index in [-0.39, 0.29) is 31.7 Å². The number of pyridine rings is 1. The fraction of sp³-hybridized carbons (Fsp3) is 0.269. The Hall–Kier alpha value is -4.16. The second kappa shape index (κ2) is 11.7. The first kappa shape index (κ1) is 31.3. The number of rotatable bonds is 7. The molecule has 1 fully saturated rings. The molecule has 5 rings (SSSR count). The van der Waals surface area contributed by atoms with E-state index >= 15 is 0 Å². The van der Waals surface area contributed by atoms with Crippen LogP contribution in [0.3, 0.4) is 0 Å². The smallest absolute Gasteiger partial charge is 0.406 e. The molecule has 0 unspecified atom stereocenters. The van der Waals surface area contributed by atoms with Gasteiger partial charge in [0.15, 0.2) is 5.13 Å². The Morgan fingerprint density at radius 1 is 1.00 bits per heavy atom. The number of ether oxygens (including phenoxy) is 1. The molecule has 0 aliphatic carbocycles. The molecular formula is C26H21F6N5O5S2. The number of hydrogen-bond donors (Lipinski definition) is 2. The maximum Gasteiger partial charge on any atom is 0.573 e. The van der Waals surface area contributed by atoms with E-state index in [9.17, 15) is 44.3 Å². The number of nitrogens with one attached hydrogen (secondary N) is 2. The topological polar surface area (TPSA) is 125 Å². The molecule has 4 aromatic rings. The van der Waals surface area contributed by atoms with Crippen molar-refractivity contribution in [2.24, 2.45) is 0 Å². The predicted molar refractivity (Wildman–Crippen MR) is 147 cm³/mol. The molecule has 18 heteroatoms. The molecule has 1 aliphatic rings. The molecule has 0 bridgehead atoms. The summed E-state index contributed by atoms with van der Waals surface area (Å²) in [7, 11) is -4.47. The molecule has 1 atom stereocenters. The van der Waals surface area contributed by atoms with Crippen molar-refractivity contribution >= 4 is 42.7 Å². The SMILES string of the molecule is O=C(NCc1ccc(OC(F)(F)F)cc1)[C@H]1CN(c2nc3ccc(=O)[nH]c3s2)CCN1S(=O)(=O)c1ccc(C(F)(F)F)cc1. The second-order valence-electron chi connectivity index (χ2n) is 9.54. The third-order valence-corrected chi connectivity index (χ3v) is 9.56. The van der Waals surface area contributed by atoms with Gasteiger partial charge in [0, 0.05) is 32.2 Å². The number of fused-ring (bicyclic) bond motifs is 1. The Labute approximate surface area is 248 Å². The van der Waals surface area contributed by atoms with Crippen LogP contribution in [0.15, 0.2) is 70.4 Å². The van der Waals surface area contributed by atoms with Gasteiger partial charge in [0.05, 0.1) is 10.5 Å². The fourth-order valence-electron chi connectivity index (χ4n) is 4.47. The Morgan fingerprint density at radius 2 is 1.68 bits per heavy atom. The van der Waals surface area contributed by atoms with Crippen LogP contribution in [0, 0.1) is 0 Å². The average molecular weight is 662 g/mol. The van der Waals surface area contributed by atoms with Crippen LogP contribution in [0.2, 0.25) is 0 Å². The molecular weight excluding hydrogens is 640 g/mol. The molecule has 3 heterocycles. The van der Waals surface area contributed by atoms with E-state index in [0.29, 0.717) is 33.2 Å². The minimum atomic E-state index is -4.89. The van der Waals surface area contributed by atoms with E-state index in [1.807, 2.05) is 0 Å². The zero-order valence-corrected chi connectivity index (χ0v) is 23.8. The number of amides is 1. The number of sulfonamides is 1. The van der Waals surface area contributed by atoms with Crippen LogP contribution in [-0.4, -0.2) is 60.6 Å². The quantitative estimate of drug-likeness (QED) is 0.286. The summed E-state index contributed by atoms with van der Waals surface area (Å²) in [6, 6.07) is 8.98. The number of benzene rings is 2. The molecule has 234 valence electrons. The Morgan fingerprint density at radius 3 is 2.32 bits per heavy atom. The molecule has 0 saturated carbocycles. The summed E-state index contributed by atoms with van der Waals surface area (Å²) in [4.78, 5) is 33.9. The lowest BCUT2D eigenvalue weighted by atomic mass is 10.1. The number of carbonyl (C=O) groups is 1. The highest BCUT2D eigenvalue weighted by atomic mass is 32.2. The van der Waals surface area contributed by atoms with Gasteiger partial charge < -0.3 is 19.9 Å². The van der Waals surface area contributed by atoms with Crippen LogP contribution in [0.4, 0.5) is 31.5 Å². The van der Waals surface area contributed by atoms with Gasteiger partial charge >= 0.3 is 12.5 Å². The van der Waals surface area contributed by atoms with Gasteiger partial charge in [0.25, 0.3) is 0 Å². The summed E-state index contributed by atoms with van der Waals surface area (Å²) in [6.07, 6.45) is -9.57. The van der Waals surface area contributed by atoms with Gasteiger partial charge in [0.1, 0.15) is 22.1 Å². The minimum Gasteiger partial charge on any atom is -0.406 e. The summed E-state index contributed by atoms with van der Waals surface area (Å²) < 4.78 is 108. The number of alkyl halides is 6. The monoisotopic (exact) mass is 661 g/mol. The maximum atomic E-state index is 13.6. The van der Waals surface area contributed by atoms with Crippen molar-refractivity contribution < 1.29 is 44.3 Å². The van der Waals surface area contributed by atoms with E-state index in [1.165, 1.54) is 24.3 Å². The molecule has 1 aliphatic heterocycles. The van der Waals surface area contributed by atoms with Crippen LogP contribution in [0.5, 0.6) is 5.75 Å². The van der Waals surface area contributed by atoms with E-state index < -0.39 is 50.7 Å². The Bertz CT molecular complexity index is 1820. The summed E-state index contributed by atoms with van der Waals surface area (Å²) in [5.41, 5.74) is -0.539. The van der Waals surface area contributed by atoms with E-state index in [4.69, 9.17) is 0 Å². The number of H-pyrrole nitrogens is 1. The van der Waals surface area contributed by atoms with Gasteiger partial charge in [-0.05, 0) is 48.0 Å². The Balaban J connectivity index is 1.40. The molecule has 1 saturated heterocycles. The predicted octanol–water partition coefficient (Wildman–Crippen LogP) is 4.10. The largest absolute Gasteiger partial charge is 0.573 e. The van der Waals surface area contributed by atoms with Gasteiger partial charge in [-0.3, -0.25) is 9.59 Å². The van der Waals surface area contributed by atoms with E-state index in [2.05, 4.69) is 20.0 Å². The van der Waals surface area contributed by atoms with Crippen molar-refractivity contribution in [3.05, 3.63) is 82.1 Å². The van der Waals surface area contributed by atoms with Crippen LogP contribution >= 0.6 is 11.3 Å². The van der Waals surface area contributed by atoms with Gasteiger partial charge in [-0.1, -0.05) is 23.5 Å². The van der Waals surface area contributed by atoms with Gasteiger partial charge in [-0.25, -0.2) is 13.4 Å². The lowest BCUT2D eigenvalue weighted by Crippen LogP contribution is -2.60. The summed E-state index contributed by atoms with van der Waals surface area (Å²) in [5.74, 6) is -1.24. The van der Waals surface area contributed by atoms with Crippen molar-refractivity contribution in [3.8, 4) is 5.75 Å². The minimum absolute atomic E-state index is 0.0639. The van der Waals surface area contributed by atoms with Crippen LogP contribution in [-0.2, 0) is 27.5 Å². The van der Waals surface area contributed by atoms with Crippen molar-refractivity contribution in [2.45, 2.75) is 30.0 Å². The van der Waals surface area contributed by atoms with Crippen molar-refractivity contribution in [3.63, 3.8) is 0 Å². The number of thiazole rings is 1. The second-order valence-corrected chi connectivity index (χ2v) is 12.4. The highest BCUT2D eigenvalue weighted by molar-refractivity contribution is 7.89. The third kappa shape index (κ3) is 6.97. The molecule has 2 aromatic carbocycles. The van der Waals surface area contributed by atoms with Gasteiger partial charge in [-0.15, -0.1) is 13.2 Å². The zero-order chi connectivity index (χ0) is 31.9. The third-order valence-electron chi connectivity index (χ3n) is 6.59. The lowest BCUT2D eigenvalue weighted by molar-refractivity contribution is -0.274. The molecule has 10 nitrogen and oxygen atoms in total. The highest BCUT2D eigenvalue weighted by Gasteiger charge is 2.41. The fourth-order valence-corrected chi connectivity index (χ4v) is 7.04. The highest BCUT2D eigenvalue weighted by Crippen LogP contribution is 2.33. The van der Waals surface area contributed by atoms with Gasteiger partial charge in [0.2, 0.25) is 21.5 Å². The molecule has 1 amide bonds. The summed E-state index contributed by atoms with van der Waals surface area (Å²) in [6.45, 7) is -0.558. The molecule has 2 aromatic heterocycles. The normalized spacial score (nSPS) is 16.7. The van der Waals surface area contributed by atoms with Crippen LogP contribution in [0.25, 0.3) is 10.3 Å². The number of halogens is 6. The number of aromatic amines is 1. The maximum absolute atomic E-state index is 13.6. The van der Waals surface area contributed by atoms with E-state index in [0.717, 1.165) is 39.9 Å². The number of anilines is 1. The standard InChI is InChI=1S/C26H21F6N5O5S2/c27-25(28,29)16-3-7-18(8-4-16)44(40,41)37-12-11-36(24-34-19-9-10-21(38)35-23(19)43-24)14-20(37)22(39)33-13-15-1-5-17(6-2-15)42-26(30,31)32/h1-10,20H,11-14H2,(H,33,39)(H,35,38)/t20-/m1/s1. The zero-order valence-electron chi connectivity index (χ0n) is 22.1. The summed E-state index contributed by atoms with van der Waals surface area (Å²) >= 11 is 1.12. The van der Waals surface area contributed by atoms with Crippen molar-refractivity contribution in [1.29, 1.82) is 0 Å². The van der Waals surface area contributed by atoms with Crippen molar-refractivity contribution in [1.82, 2.24) is 19.6 Å². The molecule has 2 N–H and O–H groups in total. The number of piperazine rings is 1. The Kier molecular flexibility index (Phi) is 8.34. The number of nitrogens with zero attached hydrogens (tertiary/aromatic N) is 3.